The van der Waals surface area contributed by atoms with Gasteiger partial charge in [0.15, 0.2) is 0 Å². The Hall–Kier alpha value is -6.23. The number of aromatic nitrogens is 3. The van der Waals surface area contributed by atoms with Crippen molar-refractivity contribution in [2.24, 2.45) is 5.92 Å². The molecule has 0 N–H and O–H groups in total. The molecule has 0 spiro atoms. The van der Waals surface area contributed by atoms with E-state index >= 15 is 0 Å². The highest BCUT2D eigenvalue weighted by Gasteiger charge is 2.26. The monoisotopic (exact) mass is 683 g/mol. The predicted octanol–water partition coefficient (Wildman–Crippen LogP) is 13.2. The molecule has 0 fully saturated rings. The summed E-state index contributed by atoms with van der Waals surface area (Å²) in [5.74, 6) is 0.651. The Morgan fingerprint density at radius 2 is 1.15 bits per heavy atom. The molecule has 52 heavy (non-hydrogen) atoms. The number of benzene rings is 6. The van der Waals surface area contributed by atoms with Crippen LogP contribution in [0.5, 0.6) is 0 Å². The van der Waals surface area contributed by atoms with E-state index in [1.165, 1.54) is 69.6 Å². The van der Waals surface area contributed by atoms with Gasteiger partial charge in [0.05, 0.1) is 48.4 Å². The Morgan fingerprint density at radius 3 is 1.88 bits per heavy atom. The smallest absolute Gasteiger partial charge is 0.0899 e. The molecule has 0 amide bonds. The van der Waals surface area contributed by atoms with E-state index in [0.29, 0.717) is 5.92 Å². The normalized spacial score (nSPS) is 16.0. The third kappa shape index (κ3) is 4.22. The average molecular weight is 684 g/mol. The Bertz CT molecular complexity index is 3090. The van der Waals surface area contributed by atoms with Gasteiger partial charge in [-0.1, -0.05) is 140 Å². The zero-order valence-corrected chi connectivity index (χ0v) is 29.4. The Balaban J connectivity index is 1.29. The highest BCUT2D eigenvalue weighted by Crippen LogP contribution is 2.47. The second-order valence-electron chi connectivity index (χ2n) is 13.9. The van der Waals surface area contributed by atoms with Crippen molar-refractivity contribution in [2.45, 2.75) is 12.8 Å². The number of fused-ring (bicyclic) bond motifs is 10. The summed E-state index contributed by atoms with van der Waals surface area (Å²) in [6.45, 7) is 2.33. The lowest BCUT2D eigenvalue weighted by Crippen LogP contribution is -2.08. The largest absolute Gasteiger partial charge is 0.307 e. The average Bonchev–Trinajstić information content (AvgIpc) is 3.86. The van der Waals surface area contributed by atoms with Crippen LogP contribution in [-0.2, 0) is 0 Å². The molecule has 6 aromatic carbocycles. The van der Waals surface area contributed by atoms with Crippen LogP contribution in [0.25, 0.3) is 86.5 Å². The maximum absolute atomic E-state index is 5.45. The molecule has 0 aliphatic heterocycles. The molecule has 4 heterocycles. The minimum Gasteiger partial charge on any atom is -0.307 e. The van der Waals surface area contributed by atoms with Gasteiger partial charge in [0.2, 0.25) is 0 Å². The van der Waals surface area contributed by atoms with Crippen molar-refractivity contribution in [3.63, 3.8) is 0 Å². The molecular formula is C48H33N3S. The highest BCUT2D eigenvalue weighted by atomic mass is 32.1. The molecule has 1 aliphatic carbocycles. The number of para-hydroxylation sites is 3. The summed E-state index contributed by atoms with van der Waals surface area (Å²) in [6.07, 6.45) is 9.07. The summed E-state index contributed by atoms with van der Waals surface area (Å²) in [5, 5.41) is 6.20. The summed E-state index contributed by atoms with van der Waals surface area (Å²) in [6, 6.07) is 52.9. The van der Waals surface area contributed by atoms with E-state index in [1.807, 2.05) is 11.3 Å². The SMILES string of the molecule is CC1C=CC=CC1c1cc(-c2ccccc2)nc2c1sc1c(-n3c4ccccc4c4ccc5c6ccccc6n(-c6ccccc6)c5c43)cccc12. The summed E-state index contributed by atoms with van der Waals surface area (Å²) in [7, 11) is 0. The maximum Gasteiger partial charge on any atom is 0.0899 e. The first kappa shape index (κ1) is 29.5. The molecule has 0 saturated heterocycles. The van der Waals surface area contributed by atoms with Gasteiger partial charge in [-0.2, -0.15) is 0 Å². The van der Waals surface area contributed by atoms with Crippen LogP contribution >= 0.6 is 11.3 Å². The number of allylic oxidation sites excluding steroid dienone is 4. The van der Waals surface area contributed by atoms with Crippen LogP contribution in [0.3, 0.4) is 0 Å². The Morgan fingerprint density at radius 1 is 0.538 bits per heavy atom. The topological polar surface area (TPSA) is 22.8 Å². The van der Waals surface area contributed by atoms with E-state index in [9.17, 15) is 0 Å². The van der Waals surface area contributed by atoms with Crippen molar-refractivity contribution in [2.75, 3.05) is 0 Å². The lowest BCUT2D eigenvalue weighted by atomic mass is 9.84. The van der Waals surface area contributed by atoms with Gasteiger partial charge in [0, 0.05) is 44.1 Å². The molecule has 0 bridgehead atoms. The second-order valence-corrected chi connectivity index (χ2v) is 15.0. The molecular weight excluding hydrogens is 651 g/mol. The first-order valence-corrected chi connectivity index (χ1v) is 18.8. The van der Waals surface area contributed by atoms with Crippen LogP contribution in [0.15, 0.2) is 170 Å². The van der Waals surface area contributed by atoms with Gasteiger partial charge in [0.1, 0.15) is 0 Å². The predicted molar refractivity (Wildman–Crippen MR) is 221 cm³/mol. The third-order valence-electron chi connectivity index (χ3n) is 11.0. The Kier molecular flexibility index (Phi) is 6.46. The van der Waals surface area contributed by atoms with Crippen molar-refractivity contribution in [3.8, 4) is 22.6 Å². The number of pyridine rings is 1. The number of thiophene rings is 1. The van der Waals surface area contributed by atoms with Crippen LogP contribution in [0.2, 0.25) is 0 Å². The van der Waals surface area contributed by atoms with Gasteiger partial charge >= 0.3 is 0 Å². The zero-order chi connectivity index (χ0) is 34.3. The lowest BCUT2D eigenvalue weighted by Gasteiger charge is -2.22. The van der Waals surface area contributed by atoms with Crippen LogP contribution in [0.1, 0.15) is 18.4 Å². The first-order valence-electron chi connectivity index (χ1n) is 18.0. The molecule has 0 radical (unpaired) electrons. The fourth-order valence-corrected chi connectivity index (χ4v) is 9.95. The fraction of sp³-hybridized carbons (Fsp3) is 0.0625. The molecule has 4 heteroatoms. The molecule has 10 aromatic rings. The fourth-order valence-electron chi connectivity index (χ4n) is 8.65. The maximum atomic E-state index is 5.45. The first-order chi connectivity index (χ1) is 25.7. The van der Waals surface area contributed by atoms with Crippen molar-refractivity contribution < 1.29 is 0 Å². The summed E-state index contributed by atoms with van der Waals surface area (Å²) >= 11 is 1.89. The van der Waals surface area contributed by atoms with E-state index in [-0.39, 0.29) is 5.92 Å². The number of rotatable bonds is 4. The summed E-state index contributed by atoms with van der Waals surface area (Å²) in [4.78, 5) is 5.45. The lowest BCUT2D eigenvalue weighted by molar-refractivity contribution is 0.639. The van der Waals surface area contributed by atoms with E-state index in [4.69, 9.17) is 4.98 Å². The van der Waals surface area contributed by atoms with Crippen LogP contribution < -0.4 is 0 Å². The highest BCUT2D eigenvalue weighted by molar-refractivity contribution is 7.26. The second kappa shape index (κ2) is 11.4. The third-order valence-corrected chi connectivity index (χ3v) is 12.3. The van der Waals surface area contributed by atoms with Gasteiger partial charge in [-0.3, -0.25) is 0 Å². The minimum absolute atomic E-state index is 0.268. The Labute approximate surface area is 305 Å². The van der Waals surface area contributed by atoms with Crippen LogP contribution in [-0.4, -0.2) is 14.1 Å². The van der Waals surface area contributed by atoms with E-state index in [0.717, 1.165) is 22.5 Å². The standard InChI is InChI=1S/C48H33N3S/c1-30-15-8-9-20-33(30)39-29-40(31-16-4-2-5-17-31)49-44-38-23-14-26-43(47(38)52-48(39)44)51-42-25-13-11-22-35(42)37-28-27-36-34-21-10-12-24-41(34)50(45(36)46(37)51)32-18-6-3-7-19-32/h2-30,33H,1H3. The van der Waals surface area contributed by atoms with Crippen LogP contribution in [0, 0.1) is 5.92 Å². The molecule has 3 nitrogen and oxygen atoms in total. The molecule has 11 rings (SSSR count). The van der Waals surface area contributed by atoms with Gasteiger partial charge < -0.3 is 9.13 Å². The van der Waals surface area contributed by atoms with Crippen molar-refractivity contribution in [1.82, 2.24) is 14.1 Å². The summed E-state index contributed by atoms with van der Waals surface area (Å²) < 4.78 is 7.51. The molecule has 4 aromatic heterocycles. The van der Waals surface area contributed by atoms with E-state index in [1.54, 1.807) is 0 Å². The summed E-state index contributed by atoms with van der Waals surface area (Å²) in [5.41, 5.74) is 11.8. The number of nitrogens with zero attached hydrogens (tertiary/aromatic N) is 3. The minimum atomic E-state index is 0.268. The van der Waals surface area contributed by atoms with Gasteiger partial charge in [-0.25, -0.2) is 4.98 Å². The molecule has 0 saturated carbocycles. The van der Waals surface area contributed by atoms with Crippen molar-refractivity contribution >= 4 is 75.3 Å². The van der Waals surface area contributed by atoms with Crippen LogP contribution in [0.4, 0.5) is 0 Å². The van der Waals surface area contributed by atoms with Gasteiger partial charge in [0.25, 0.3) is 0 Å². The molecule has 2 atom stereocenters. The number of hydrogen-bond donors (Lipinski definition) is 0. The number of hydrogen-bond acceptors (Lipinski definition) is 2. The molecule has 2 unspecified atom stereocenters. The van der Waals surface area contributed by atoms with Crippen molar-refractivity contribution in [3.05, 3.63) is 175 Å². The van der Waals surface area contributed by atoms with Gasteiger partial charge in [-0.05, 0) is 47.9 Å². The van der Waals surface area contributed by atoms with Crippen molar-refractivity contribution in [1.29, 1.82) is 0 Å². The van der Waals surface area contributed by atoms with E-state index in [2.05, 4.69) is 186 Å². The zero-order valence-electron chi connectivity index (χ0n) is 28.6. The molecule has 246 valence electrons. The quantitative estimate of drug-likeness (QED) is 0.181. The van der Waals surface area contributed by atoms with E-state index < -0.39 is 0 Å². The molecule has 1 aliphatic rings. The van der Waals surface area contributed by atoms with Gasteiger partial charge in [-0.15, -0.1) is 11.3 Å².